The molecular weight excluding hydrogens is 278 g/mol. The van der Waals surface area contributed by atoms with Gasteiger partial charge in [0.05, 0.1) is 22.6 Å². The SMILES string of the molecule is CC(C)NC1(c2nc3ccc(/C=C/C(=O)[OH2+])cc3[nH]2)CCC1. The molecule has 5 nitrogen and oxygen atoms in total. The van der Waals surface area contributed by atoms with E-state index in [4.69, 9.17) is 10.1 Å². The summed E-state index contributed by atoms with van der Waals surface area (Å²) in [6.45, 7) is 4.31. The summed E-state index contributed by atoms with van der Waals surface area (Å²) in [6.07, 6.45) is 6.33. The van der Waals surface area contributed by atoms with Crippen molar-refractivity contribution < 1.29 is 9.90 Å². The Morgan fingerprint density at radius 1 is 1.45 bits per heavy atom. The van der Waals surface area contributed by atoms with Crippen LogP contribution in [-0.4, -0.2) is 27.1 Å². The Morgan fingerprint density at radius 3 is 2.82 bits per heavy atom. The second kappa shape index (κ2) is 5.57. The number of benzene rings is 1. The molecule has 1 aliphatic rings. The highest BCUT2D eigenvalue weighted by molar-refractivity contribution is 5.86. The number of carbonyl (C=O) groups excluding carboxylic acids is 1. The molecule has 0 radical (unpaired) electrons. The Hall–Kier alpha value is -2.14. The van der Waals surface area contributed by atoms with E-state index in [0.717, 1.165) is 35.3 Å². The van der Waals surface area contributed by atoms with E-state index in [1.807, 2.05) is 18.2 Å². The van der Waals surface area contributed by atoms with Crippen molar-refractivity contribution in [3.63, 3.8) is 0 Å². The molecular formula is C17H22N3O2+. The Morgan fingerprint density at radius 2 is 2.23 bits per heavy atom. The molecule has 3 rings (SSSR count). The van der Waals surface area contributed by atoms with Gasteiger partial charge in [0, 0.05) is 10.8 Å². The van der Waals surface area contributed by atoms with Crippen LogP contribution >= 0.6 is 0 Å². The van der Waals surface area contributed by atoms with E-state index >= 15 is 0 Å². The van der Waals surface area contributed by atoms with Crippen LogP contribution < -0.4 is 5.32 Å². The van der Waals surface area contributed by atoms with Gasteiger partial charge in [-0.25, -0.2) is 4.98 Å². The van der Waals surface area contributed by atoms with E-state index in [9.17, 15) is 4.79 Å². The van der Waals surface area contributed by atoms with Crippen LogP contribution in [0.1, 0.15) is 44.5 Å². The fraction of sp³-hybridized carbons (Fsp3) is 0.412. The summed E-state index contributed by atoms with van der Waals surface area (Å²) in [6, 6.07) is 6.24. The number of aromatic amines is 1. The molecule has 1 saturated carbocycles. The molecule has 0 saturated heterocycles. The third-order valence-electron chi connectivity index (χ3n) is 4.16. The molecule has 0 spiro atoms. The van der Waals surface area contributed by atoms with Crippen molar-refractivity contribution in [3.05, 3.63) is 35.7 Å². The Bertz CT molecular complexity index is 727. The Labute approximate surface area is 129 Å². The van der Waals surface area contributed by atoms with Crippen LogP contribution in [0, 0.1) is 0 Å². The average Bonchev–Trinajstić information content (AvgIpc) is 2.83. The first-order chi connectivity index (χ1) is 10.5. The monoisotopic (exact) mass is 300 g/mol. The molecule has 1 aliphatic carbocycles. The first-order valence-corrected chi connectivity index (χ1v) is 7.70. The van der Waals surface area contributed by atoms with Gasteiger partial charge in [0.1, 0.15) is 5.82 Å². The zero-order chi connectivity index (χ0) is 15.7. The summed E-state index contributed by atoms with van der Waals surface area (Å²) in [7, 11) is 0. The lowest BCUT2D eigenvalue weighted by Crippen LogP contribution is -2.51. The van der Waals surface area contributed by atoms with Gasteiger partial charge in [-0.05, 0) is 56.9 Å². The molecule has 1 aromatic heterocycles. The second-order valence-electron chi connectivity index (χ2n) is 6.29. The third kappa shape index (κ3) is 2.76. The quantitative estimate of drug-likeness (QED) is 0.656. The largest absolute Gasteiger partial charge is 0.561 e. The van der Waals surface area contributed by atoms with Gasteiger partial charge >= 0.3 is 5.97 Å². The van der Waals surface area contributed by atoms with Gasteiger partial charge in [-0.1, -0.05) is 6.07 Å². The van der Waals surface area contributed by atoms with Crippen molar-refractivity contribution in [1.82, 2.24) is 15.3 Å². The van der Waals surface area contributed by atoms with E-state index in [-0.39, 0.29) is 5.54 Å². The number of hydrogen-bond donors (Lipinski definition) is 2. The maximum Gasteiger partial charge on any atom is 0.541 e. The smallest absolute Gasteiger partial charge is 0.541 e. The fourth-order valence-electron chi connectivity index (χ4n) is 3.06. The maximum atomic E-state index is 10.7. The highest BCUT2D eigenvalue weighted by Crippen LogP contribution is 2.40. The molecule has 4 N–H and O–H groups in total. The van der Waals surface area contributed by atoms with E-state index in [2.05, 4.69) is 24.1 Å². The molecule has 2 aromatic rings. The molecule has 1 heterocycles. The van der Waals surface area contributed by atoms with Crippen LogP contribution in [0.5, 0.6) is 0 Å². The lowest BCUT2D eigenvalue weighted by molar-refractivity contribution is -0.131. The second-order valence-corrected chi connectivity index (χ2v) is 6.29. The van der Waals surface area contributed by atoms with Gasteiger partial charge in [-0.3, -0.25) is 0 Å². The molecule has 0 atom stereocenters. The average molecular weight is 300 g/mol. The number of nitrogens with zero attached hydrogens (tertiary/aromatic N) is 1. The lowest BCUT2D eigenvalue weighted by Gasteiger charge is -2.42. The molecule has 0 aliphatic heterocycles. The molecule has 0 unspecified atom stereocenters. The molecule has 0 bridgehead atoms. The minimum Gasteiger partial charge on any atom is -0.561 e. The number of nitrogens with one attached hydrogen (secondary N) is 2. The number of aromatic nitrogens is 2. The van der Waals surface area contributed by atoms with Gasteiger partial charge < -0.3 is 15.4 Å². The van der Waals surface area contributed by atoms with Crippen molar-refractivity contribution in [2.24, 2.45) is 0 Å². The molecule has 22 heavy (non-hydrogen) atoms. The van der Waals surface area contributed by atoms with Crippen LogP contribution in [0.4, 0.5) is 0 Å². The van der Waals surface area contributed by atoms with E-state index in [1.54, 1.807) is 6.08 Å². The van der Waals surface area contributed by atoms with Crippen LogP contribution in [0.3, 0.4) is 0 Å². The minimum absolute atomic E-state index is 0.0274. The summed E-state index contributed by atoms with van der Waals surface area (Å²) in [4.78, 5) is 18.9. The lowest BCUT2D eigenvalue weighted by atomic mass is 9.75. The molecule has 116 valence electrons. The topological polar surface area (TPSA) is 80.7 Å². The van der Waals surface area contributed by atoms with Crippen molar-refractivity contribution in [2.45, 2.75) is 44.7 Å². The first kappa shape index (κ1) is 14.8. The zero-order valence-corrected chi connectivity index (χ0v) is 12.9. The van der Waals surface area contributed by atoms with Gasteiger partial charge in [0.2, 0.25) is 0 Å². The van der Waals surface area contributed by atoms with E-state index in [1.165, 1.54) is 12.5 Å². The van der Waals surface area contributed by atoms with Crippen molar-refractivity contribution >= 4 is 23.1 Å². The molecule has 1 aromatic carbocycles. The van der Waals surface area contributed by atoms with Crippen molar-refractivity contribution in [1.29, 1.82) is 0 Å². The van der Waals surface area contributed by atoms with Gasteiger partial charge in [0.15, 0.2) is 0 Å². The van der Waals surface area contributed by atoms with Gasteiger partial charge in [0.25, 0.3) is 0 Å². The van der Waals surface area contributed by atoms with Crippen LogP contribution in [-0.2, 0) is 10.3 Å². The van der Waals surface area contributed by atoms with Gasteiger partial charge in [-0.15, -0.1) is 0 Å². The number of rotatable bonds is 5. The predicted octanol–water partition coefficient (Wildman–Crippen LogP) is 2.20. The summed E-state index contributed by atoms with van der Waals surface area (Å²) in [5, 5.41) is 10.6. The van der Waals surface area contributed by atoms with Crippen LogP contribution in [0.15, 0.2) is 24.3 Å². The van der Waals surface area contributed by atoms with Crippen LogP contribution in [0.2, 0.25) is 0 Å². The summed E-state index contributed by atoms with van der Waals surface area (Å²) >= 11 is 0. The highest BCUT2D eigenvalue weighted by atomic mass is 16.4. The first-order valence-electron chi connectivity index (χ1n) is 7.70. The Balaban J connectivity index is 1.94. The fourth-order valence-corrected chi connectivity index (χ4v) is 3.06. The van der Waals surface area contributed by atoms with E-state index in [0.29, 0.717) is 6.04 Å². The summed E-state index contributed by atoms with van der Waals surface area (Å²) in [5.41, 5.74) is 2.76. The summed E-state index contributed by atoms with van der Waals surface area (Å²) < 4.78 is 0. The van der Waals surface area contributed by atoms with Crippen molar-refractivity contribution in [3.8, 4) is 0 Å². The standard InChI is InChI=1S/C17H21N3O2/c1-11(2)20-17(8-3-9-17)16-18-13-6-4-12(5-7-15(21)22)10-14(13)19-16/h4-7,10-11,20H,3,8-9H2,1-2H3,(H,18,19)(H,21,22)/p+1/b7-5+. The third-order valence-corrected chi connectivity index (χ3v) is 4.16. The number of carbonyl (C=O) groups is 1. The summed E-state index contributed by atoms with van der Waals surface area (Å²) in [5.74, 6) is 0.306. The molecule has 5 heteroatoms. The normalized spacial score (nSPS) is 17.2. The predicted molar refractivity (Wildman–Crippen MR) is 87.5 cm³/mol. The van der Waals surface area contributed by atoms with Gasteiger partial charge in [-0.2, -0.15) is 0 Å². The Kier molecular flexibility index (Phi) is 3.74. The number of hydrogen-bond acceptors (Lipinski definition) is 3. The maximum absolute atomic E-state index is 10.7. The number of fused-ring (bicyclic) bond motifs is 1. The number of H-pyrrole nitrogens is 1. The highest BCUT2D eigenvalue weighted by Gasteiger charge is 2.41. The van der Waals surface area contributed by atoms with Crippen molar-refractivity contribution in [2.75, 3.05) is 0 Å². The number of imidazole rings is 1. The van der Waals surface area contributed by atoms with E-state index < -0.39 is 5.97 Å². The van der Waals surface area contributed by atoms with Crippen LogP contribution in [0.25, 0.3) is 17.1 Å². The molecule has 0 amide bonds. The molecule has 1 fully saturated rings. The minimum atomic E-state index is -0.694. The zero-order valence-electron chi connectivity index (χ0n) is 12.9.